The number of phenols is 4. The van der Waals surface area contributed by atoms with Crippen LogP contribution in [0.25, 0.3) is 22.3 Å². The van der Waals surface area contributed by atoms with Crippen LogP contribution in [0, 0.1) is 6.92 Å². The molecule has 6 rings (SSSR count). The Labute approximate surface area is 299 Å². The molecule has 286 valence electrons. The van der Waals surface area contributed by atoms with E-state index >= 15 is 0 Å². The van der Waals surface area contributed by atoms with E-state index in [1.54, 1.807) is 6.92 Å². The van der Waals surface area contributed by atoms with E-state index in [1.165, 1.54) is 31.2 Å². The van der Waals surface area contributed by atoms with Crippen LogP contribution in [0.2, 0.25) is 0 Å². The Bertz CT molecular complexity index is 2170. The van der Waals surface area contributed by atoms with Crippen molar-refractivity contribution in [2.75, 3.05) is 6.61 Å². The summed E-state index contributed by atoms with van der Waals surface area (Å²) in [6.07, 6.45) is -17.2. The molecule has 2 fully saturated rings. The summed E-state index contributed by atoms with van der Waals surface area (Å²) in [7, 11) is -4.75. The highest BCUT2D eigenvalue weighted by Gasteiger charge is 2.48. The summed E-state index contributed by atoms with van der Waals surface area (Å²) in [5.41, 5.74) is -1.62. The summed E-state index contributed by atoms with van der Waals surface area (Å²) < 4.78 is 56.2. The first-order valence-electron chi connectivity index (χ1n) is 16.0. The molecule has 2 aliphatic rings. The van der Waals surface area contributed by atoms with Crippen LogP contribution in [0.4, 0.5) is 0 Å². The first kappa shape index (κ1) is 38.2. The van der Waals surface area contributed by atoms with Crippen LogP contribution in [0.3, 0.4) is 0 Å². The summed E-state index contributed by atoms with van der Waals surface area (Å²) in [5.74, 6) is -5.17. The summed E-state index contributed by atoms with van der Waals surface area (Å²) in [6, 6.07) is 8.94. The molecule has 3 aromatic carbocycles. The summed E-state index contributed by atoms with van der Waals surface area (Å²) in [4.78, 5) is 12.8. The van der Waals surface area contributed by atoms with Gasteiger partial charge in [-0.3, -0.25) is 4.79 Å². The molecule has 0 unspecified atom stereocenters. The number of sulfone groups is 1. The molecular formula is C34H36O18S. The lowest BCUT2D eigenvalue weighted by atomic mass is 9.98. The van der Waals surface area contributed by atoms with Gasteiger partial charge in [0, 0.05) is 17.7 Å². The van der Waals surface area contributed by atoms with Crippen molar-refractivity contribution in [1.82, 2.24) is 0 Å². The highest BCUT2D eigenvalue weighted by Crippen LogP contribution is 2.46. The van der Waals surface area contributed by atoms with Crippen LogP contribution < -0.4 is 10.2 Å². The van der Waals surface area contributed by atoms with Gasteiger partial charge in [0.2, 0.25) is 27.3 Å². The van der Waals surface area contributed by atoms with Crippen LogP contribution in [0.5, 0.6) is 28.7 Å². The first-order chi connectivity index (χ1) is 24.9. The van der Waals surface area contributed by atoms with E-state index in [9.17, 15) is 64.3 Å². The minimum atomic E-state index is -4.75. The number of ether oxygens (including phenoxy) is 4. The standard InChI is InChI=1S/C34H36O18S/c1-12-3-5-15(6-4-12)53(46,47)32-16(7-8-17(36)23(32)39)30-31(25(41)21-18(37)9-14(35)10-19(21)50-30)52-34-29(45)27(43)24(40)20(51-34)11-48-33-28(44)26(42)22(38)13(2)49-33/h3-10,13,20,22,24,26-29,33-40,42-45H,11H2,1-2H3/t13-,20+,22-,24+,26+,27-,28+,29+,33+,34-/m0/s1. The van der Waals surface area contributed by atoms with Gasteiger partial charge in [0.15, 0.2) is 23.5 Å². The molecule has 53 heavy (non-hydrogen) atoms. The van der Waals surface area contributed by atoms with Gasteiger partial charge in [-0.2, -0.15) is 0 Å². The van der Waals surface area contributed by atoms with Crippen LogP contribution in [-0.2, 0) is 24.0 Å². The maximum atomic E-state index is 14.1. The Kier molecular flexibility index (Phi) is 10.3. The van der Waals surface area contributed by atoms with Gasteiger partial charge in [0.05, 0.1) is 17.6 Å². The number of rotatable bonds is 8. The predicted octanol–water partition coefficient (Wildman–Crippen LogP) is -0.546. The SMILES string of the molecule is Cc1ccc(S(=O)(=O)c2c(-c3oc4cc(O)cc(O)c4c(=O)c3O[C@@H]3O[C@H](CO[C@@H]4O[C@@H](C)[C@H](O)[C@@H](O)[C@H]4O)[C@@H](O)[C@H](O)[C@H]3O)ccc(O)c2O)cc1. The Morgan fingerprint density at radius 1 is 0.755 bits per heavy atom. The Morgan fingerprint density at radius 2 is 1.40 bits per heavy atom. The highest BCUT2D eigenvalue weighted by molar-refractivity contribution is 7.91. The van der Waals surface area contributed by atoms with Gasteiger partial charge in [-0.25, -0.2) is 8.42 Å². The van der Waals surface area contributed by atoms with Gasteiger partial charge in [0.25, 0.3) is 0 Å². The monoisotopic (exact) mass is 764 g/mol. The molecule has 1 aromatic heterocycles. The number of aryl methyl sites for hydroxylation is 1. The van der Waals surface area contributed by atoms with Gasteiger partial charge in [-0.15, -0.1) is 0 Å². The van der Waals surface area contributed by atoms with E-state index in [0.29, 0.717) is 5.56 Å². The Balaban J connectivity index is 1.45. The van der Waals surface area contributed by atoms with Gasteiger partial charge in [-0.1, -0.05) is 17.7 Å². The smallest absolute Gasteiger partial charge is 0.239 e. The average Bonchev–Trinajstić information content (AvgIpc) is 3.10. The van der Waals surface area contributed by atoms with Gasteiger partial charge in [0.1, 0.15) is 70.1 Å². The van der Waals surface area contributed by atoms with Crippen molar-refractivity contribution in [2.24, 2.45) is 0 Å². The van der Waals surface area contributed by atoms with Crippen molar-refractivity contribution < 1.29 is 82.8 Å². The van der Waals surface area contributed by atoms with Crippen molar-refractivity contribution in [3.63, 3.8) is 0 Å². The van der Waals surface area contributed by atoms with E-state index in [2.05, 4.69) is 0 Å². The largest absolute Gasteiger partial charge is 0.508 e. The molecule has 0 aliphatic carbocycles. The van der Waals surface area contributed by atoms with Gasteiger partial charge in [-0.05, 0) is 38.1 Å². The van der Waals surface area contributed by atoms with Crippen molar-refractivity contribution in [1.29, 1.82) is 0 Å². The number of aliphatic hydroxyl groups is 6. The fourth-order valence-electron chi connectivity index (χ4n) is 6.01. The number of hydrogen-bond acceptors (Lipinski definition) is 18. The molecule has 0 bridgehead atoms. The lowest BCUT2D eigenvalue weighted by Crippen LogP contribution is -2.61. The average molecular weight is 765 g/mol. The lowest BCUT2D eigenvalue weighted by Gasteiger charge is -2.42. The van der Waals surface area contributed by atoms with E-state index in [1.807, 2.05) is 0 Å². The molecule has 0 radical (unpaired) electrons. The van der Waals surface area contributed by atoms with E-state index in [-0.39, 0.29) is 4.90 Å². The molecule has 0 amide bonds. The normalized spacial score (nSPS) is 29.3. The fourth-order valence-corrected chi connectivity index (χ4v) is 7.55. The molecule has 2 aliphatic heterocycles. The summed E-state index contributed by atoms with van der Waals surface area (Å²) in [5, 5.41) is 104. The van der Waals surface area contributed by atoms with E-state index in [4.69, 9.17) is 23.4 Å². The number of phenolic OH excluding ortho intramolecular Hbond substituents is 4. The second-order valence-electron chi connectivity index (χ2n) is 12.7. The highest BCUT2D eigenvalue weighted by atomic mass is 32.2. The first-order valence-corrected chi connectivity index (χ1v) is 17.5. The fraction of sp³-hybridized carbons (Fsp3) is 0.382. The molecule has 19 heteroatoms. The third-order valence-electron chi connectivity index (χ3n) is 9.01. The molecule has 2 saturated heterocycles. The molecule has 0 spiro atoms. The van der Waals surface area contributed by atoms with Gasteiger partial charge < -0.3 is 74.4 Å². The third-order valence-corrected chi connectivity index (χ3v) is 10.9. The number of aliphatic hydroxyl groups excluding tert-OH is 6. The number of benzene rings is 3. The zero-order valence-electron chi connectivity index (χ0n) is 27.7. The van der Waals surface area contributed by atoms with Crippen molar-refractivity contribution in [2.45, 2.75) is 85.1 Å². The summed E-state index contributed by atoms with van der Waals surface area (Å²) >= 11 is 0. The molecule has 3 heterocycles. The second kappa shape index (κ2) is 14.4. The molecule has 0 saturated carbocycles. The Hall–Kier alpha value is -4.54. The van der Waals surface area contributed by atoms with Crippen molar-refractivity contribution in [3.05, 3.63) is 64.3 Å². The van der Waals surface area contributed by atoms with Crippen LogP contribution in [0.15, 0.2) is 67.5 Å². The minimum absolute atomic E-state index is 0.347. The molecule has 18 nitrogen and oxygen atoms in total. The predicted molar refractivity (Wildman–Crippen MR) is 177 cm³/mol. The van der Waals surface area contributed by atoms with Crippen LogP contribution in [-0.4, -0.2) is 128 Å². The van der Waals surface area contributed by atoms with E-state index in [0.717, 1.165) is 24.3 Å². The van der Waals surface area contributed by atoms with Crippen LogP contribution >= 0.6 is 0 Å². The van der Waals surface area contributed by atoms with Crippen LogP contribution in [0.1, 0.15) is 12.5 Å². The zero-order chi connectivity index (χ0) is 38.7. The minimum Gasteiger partial charge on any atom is -0.508 e. The van der Waals surface area contributed by atoms with Crippen molar-refractivity contribution >= 4 is 20.8 Å². The van der Waals surface area contributed by atoms with Crippen molar-refractivity contribution in [3.8, 4) is 40.1 Å². The van der Waals surface area contributed by atoms with Gasteiger partial charge >= 0.3 is 0 Å². The number of fused-ring (bicyclic) bond motifs is 1. The molecular weight excluding hydrogens is 728 g/mol. The van der Waals surface area contributed by atoms with E-state index < -0.39 is 139 Å². The molecule has 10 atom stereocenters. The topological polar surface area (TPSA) is 304 Å². The quantitative estimate of drug-likeness (QED) is 0.101. The lowest BCUT2D eigenvalue weighted by molar-refractivity contribution is -0.318. The maximum absolute atomic E-state index is 14.1. The third kappa shape index (κ3) is 6.87. The Morgan fingerprint density at radius 3 is 2.08 bits per heavy atom. The molecule has 10 N–H and O–H groups in total. The molecule has 4 aromatic rings. The number of hydrogen-bond donors (Lipinski definition) is 10. The maximum Gasteiger partial charge on any atom is 0.239 e. The zero-order valence-corrected chi connectivity index (χ0v) is 28.6. The second-order valence-corrected chi connectivity index (χ2v) is 14.6. The number of aromatic hydroxyl groups is 4. The summed E-state index contributed by atoms with van der Waals surface area (Å²) in [6.45, 7) is 2.39.